The Morgan fingerprint density at radius 1 is 1.14 bits per heavy atom. The number of ether oxygens (including phenoxy) is 1. The van der Waals surface area contributed by atoms with E-state index < -0.39 is 0 Å². The van der Waals surface area contributed by atoms with Gasteiger partial charge in [0.1, 0.15) is 5.82 Å². The molecule has 1 unspecified atom stereocenters. The summed E-state index contributed by atoms with van der Waals surface area (Å²) < 4.78 is 5.78. The van der Waals surface area contributed by atoms with Crippen LogP contribution in [0.3, 0.4) is 0 Å². The molecule has 0 spiro atoms. The topological polar surface area (TPSA) is 50.3 Å². The van der Waals surface area contributed by atoms with Gasteiger partial charge in [0.25, 0.3) is 0 Å². The van der Waals surface area contributed by atoms with Crippen molar-refractivity contribution < 1.29 is 4.74 Å². The Kier molecular flexibility index (Phi) is 4.58. The highest BCUT2D eigenvalue weighted by Gasteiger charge is 2.19. The van der Waals surface area contributed by atoms with Gasteiger partial charge in [-0.1, -0.05) is 0 Å². The average molecular weight is 290 g/mol. The molecule has 116 valence electrons. The quantitative estimate of drug-likeness (QED) is 0.924. The third-order valence-electron chi connectivity index (χ3n) is 4.54. The van der Waals surface area contributed by atoms with Crippen LogP contribution >= 0.6 is 0 Å². The molecule has 0 amide bonds. The van der Waals surface area contributed by atoms with Crippen molar-refractivity contribution in [3.05, 3.63) is 11.3 Å². The molecule has 0 aromatic carbocycles. The molecule has 0 bridgehead atoms. The normalized spacial score (nSPS) is 22.6. The van der Waals surface area contributed by atoms with E-state index in [9.17, 15) is 0 Å². The van der Waals surface area contributed by atoms with Crippen LogP contribution in [0.5, 0.6) is 0 Å². The van der Waals surface area contributed by atoms with Crippen LogP contribution in [-0.4, -0.2) is 42.3 Å². The van der Waals surface area contributed by atoms with Gasteiger partial charge in [0.2, 0.25) is 5.95 Å². The summed E-state index contributed by atoms with van der Waals surface area (Å²) in [5.41, 5.74) is 2.22. The lowest BCUT2D eigenvalue weighted by Gasteiger charge is -2.24. The van der Waals surface area contributed by atoms with Crippen molar-refractivity contribution in [2.75, 3.05) is 36.5 Å². The number of rotatable bonds is 4. The first-order chi connectivity index (χ1) is 10.2. The molecule has 0 aliphatic carbocycles. The molecule has 0 radical (unpaired) electrons. The van der Waals surface area contributed by atoms with E-state index in [1.54, 1.807) is 0 Å². The Morgan fingerprint density at radius 2 is 1.95 bits per heavy atom. The maximum absolute atomic E-state index is 5.78. The van der Waals surface area contributed by atoms with Crippen molar-refractivity contribution in [2.24, 2.45) is 0 Å². The van der Waals surface area contributed by atoms with E-state index in [0.717, 1.165) is 55.7 Å². The summed E-state index contributed by atoms with van der Waals surface area (Å²) in [6.07, 6.45) is 6.43. The third kappa shape index (κ3) is 3.46. The van der Waals surface area contributed by atoms with Crippen molar-refractivity contribution in [2.45, 2.75) is 52.1 Å². The minimum Gasteiger partial charge on any atom is -0.376 e. The predicted molar refractivity (Wildman–Crippen MR) is 85.0 cm³/mol. The summed E-state index contributed by atoms with van der Waals surface area (Å²) in [6, 6.07) is 0. The molecule has 1 aromatic heterocycles. The van der Waals surface area contributed by atoms with E-state index in [2.05, 4.69) is 29.0 Å². The van der Waals surface area contributed by atoms with E-state index >= 15 is 0 Å². The number of hydrogen-bond acceptors (Lipinski definition) is 5. The van der Waals surface area contributed by atoms with Crippen molar-refractivity contribution in [3.63, 3.8) is 0 Å². The Bertz CT molecular complexity index is 479. The molecular weight excluding hydrogens is 264 g/mol. The van der Waals surface area contributed by atoms with Crippen LogP contribution in [-0.2, 0) is 4.74 Å². The molecule has 5 nitrogen and oxygen atoms in total. The lowest BCUT2D eigenvalue weighted by Crippen LogP contribution is -2.28. The molecule has 21 heavy (non-hydrogen) atoms. The lowest BCUT2D eigenvalue weighted by atomic mass is 10.1. The van der Waals surface area contributed by atoms with Gasteiger partial charge >= 0.3 is 0 Å². The van der Waals surface area contributed by atoms with Gasteiger partial charge in [-0.05, 0) is 46.0 Å². The zero-order valence-electron chi connectivity index (χ0n) is 13.2. The monoisotopic (exact) mass is 290 g/mol. The molecule has 1 atom stereocenters. The summed E-state index contributed by atoms with van der Waals surface area (Å²) >= 11 is 0. The van der Waals surface area contributed by atoms with Gasteiger partial charge in [0, 0.05) is 37.5 Å². The Morgan fingerprint density at radius 3 is 2.67 bits per heavy atom. The fraction of sp³-hybridized carbons (Fsp3) is 0.750. The number of hydrogen-bond donors (Lipinski definition) is 1. The molecule has 3 heterocycles. The van der Waals surface area contributed by atoms with Gasteiger partial charge < -0.3 is 15.0 Å². The maximum atomic E-state index is 5.78. The second-order valence-corrected chi connectivity index (χ2v) is 6.15. The van der Waals surface area contributed by atoms with Crippen LogP contribution in [0.4, 0.5) is 11.8 Å². The first kappa shape index (κ1) is 14.6. The molecule has 0 saturated carbocycles. The molecule has 1 aromatic rings. The van der Waals surface area contributed by atoms with Gasteiger partial charge in [-0.15, -0.1) is 0 Å². The zero-order chi connectivity index (χ0) is 14.7. The SMILES string of the molecule is Cc1nc(N2CCCC2)nc(NCC2CCCCO2)c1C. The van der Waals surface area contributed by atoms with Gasteiger partial charge in [-0.2, -0.15) is 4.98 Å². The summed E-state index contributed by atoms with van der Waals surface area (Å²) in [5.74, 6) is 1.85. The Balaban J connectivity index is 1.70. The largest absolute Gasteiger partial charge is 0.376 e. The molecule has 3 rings (SSSR count). The van der Waals surface area contributed by atoms with E-state index in [4.69, 9.17) is 9.72 Å². The molecular formula is C16H26N4O. The predicted octanol–water partition coefficient (Wildman–Crippen LogP) is 2.67. The summed E-state index contributed by atoms with van der Waals surface area (Å²) in [7, 11) is 0. The van der Waals surface area contributed by atoms with Crippen LogP contribution in [0.25, 0.3) is 0 Å². The minimum atomic E-state index is 0.323. The molecule has 2 aliphatic heterocycles. The van der Waals surface area contributed by atoms with Crippen LogP contribution in [0.1, 0.15) is 43.4 Å². The maximum Gasteiger partial charge on any atom is 0.227 e. The Hall–Kier alpha value is -1.36. The molecule has 2 aliphatic rings. The van der Waals surface area contributed by atoms with Gasteiger partial charge in [0.05, 0.1) is 6.10 Å². The fourth-order valence-electron chi connectivity index (χ4n) is 3.02. The highest BCUT2D eigenvalue weighted by atomic mass is 16.5. The lowest BCUT2D eigenvalue weighted by molar-refractivity contribution is 0.0247. The number of anilines is 2. The Labute approximate surface area is 127 Å². The number of aryl methyl sites for hydroxylation is 1. The first-order valence-electron chi connectivity index (χ1n) is 8.19. The number of nitrogens with zero attached hydrogens (tertiary/aromatic N) is 3. The van der Waals surface area contributed by atoms with Crippen molar-refractivity contribution in [3.8, 4) is 0 Å². The summed E-state index contributed by atoms with van der Waals surface area (Å²) in [4.78, 5) is 11.7. The van der Waals surface area contributed by atoms with E-state index in [1.165, 1.54) is 25.7 Å². The molecule has 1 N–H and O–H groups in total. The van der Waals surface area contributed by atoms with Crippen LogP contribution in [0, 0.1) is 13.8 Å². The van der Waals surface area contributed by atoms with Crippen molar-refractivity contribution in [1.82, 2.24) is 9.97 Å². The number of aromatic nitrogens is 2. The van der Waals surface area contributed by atoms with E-state index in [0.29, 0.717) is 6.10 Å². The summed E-state index contributed by atoms with van der Waals surface area (Å²) in [6.45, 7) is 8.05. The highest BCUT2D eigenvalue weighted by Crippen LogP contribution is 2.23. The van der Waals surface area contributed by atoms with Crippen molar-refractivity contribution >= 4 is 11.8 Å². The van der Waals surface area contributed by atoms with E-state index in [1.807, 2.05) is 0 Å². The smallest absolute Gasteiger partial charge is 0.227 e. The van der Waals surface area contributed by atoms with Crippen LogP contribution in [0.2, 0.25) is 0 Å². The van der Waals surface area contributed by atoms with Crippen molar-refractivity contribution in [1.29, 1.82) is 0 Å². The van der Waals surface area contributed by atoms with E-state index in [-0.39, 0.29) is 0 Å². The molecule has 2 fully saturated rings. The first-order valence-corrected chi connectivity index (χ1v) is 8.19. The average Bonchev–Trinajstić information content (AvgIpc) is 3.04. The highest BCUT2D eigenvalue weighted by molar-refractivity contribution is 5.50. The number of nitrogens with one attached hydrogen (secondary N) is 1. The molecule has 2 saturated heterocycles. The minimum absolute atomic E-state index is 0.323. The molecule has 5 heteroatoms. The van der Waals surface area contributed by atoms with Crippen LogP contribution < -0.4 is 10.2 Å². The zero-order valence-corrected chi connectivity index (χ0v) is 13.2. The standard InChI is InChI=1S/C16H26N4O/c1-12-13(2)18-16(20-8-4-5-9-20)19-15(12)17-11-14-7-3-6-10-21-14/h14H,3-11H2,1-2H3,(H,17,18,19). The fourth-order valence-corrected chi connectivity index (χ4v) is 3.02. The second-order valence-electron chi connectivity index (χ2n) is 6.15. The van der Waals surface area contributed by atoms with Gasteiger partial charge in [-0.25, -0.2) is 4.98 Å². The summed E-state index contributed by atoms with van der Waals surface area (Å²) in [5, 5.41) is 3.48. The second kappa shape index (κ2) is 6.60. The van der Waals surface area contributed by atoms with Crippen LogP contribution in [0.15, 0.2) is 0 Å². The third-order valence-corrected chi connectivity index (χ3v) is 4.54. The van der Waals surface area contributed by atoms with Gasteiger partial charge in [-0.3, -0.25) is 0 Å². The van der Waals surface area contributed by atoms with Gasteiger partial charge in [0.15, 0.2) is 0 Å².